The topological polar surface area (TPSA) is 86.8 Å². The van der Waals surface area contributed by atoms with Gasteiger partial charge in [0.15, 0.2) is 0 Å². The first-order chi connectivity index (χ1) is 22.0. The number of hydrogen-bond acceptors (Lipinski definition) is 4. The molecule has 1 N–H and O–H groups in total. The number of benzene rings is 4. The van der Waals surface area contributed by atoms with Crippen molar-refractivity contribution >= 4 is 27.5 Å². The van der Waals surface area contributed by atoms with Crippen molar-refractivity contribution in [3.05, 3.63) is 130 Å². The molecular weight excluding hydrogens is 595 g/mol. The molecule has 0 bridgehead atoms. The highest BCUT2D eigenvalue weighted by Crippen LogP contribution is 2.27. The van der Waals surface area contributed by atoms with Gasteiger partial charge in [0.1, 0.15) is 12.6 Å². The molecule has 0 radical (unpaired) electrons. The first-order valence-electron chi connectivity index (χ1n) is 15.8. The molecule has 0 saturated heterocycles. The zero-order valence-corrected chi connectivity index (χ0v) is 28.3. The normalized spacial score (nSPS) is 11.9. The lowest BCUT2D eigenvalue weighted by Crippen LogP contribution is -2.53. The third-order valence-electron chi connectivity index (χ3n) is 7.92. The molecule has 0 unspecified atom stereocenters. The quantitative estimate of drug-likeness (QED) is 0.156. The number of aryl methyl sites for hydroxylation is 4. The van der Waals surface area contributed by atoms with Crippen molar-refractivity contribution in [2.45, 2.75) is 71.4 Å². The molecule has 1 atom stereocenters. The van der Waals surface area contributed by atoms with Gasteiger partial charge in [0.25, 0.3) is 10.0 Å². The number of hydrogen-bond donors (Lipinski definition) is 1. The van der Waals surface area contributed by atoms with Gasteiger partial charge in [-0.25, -0.2) is 8.42 Å². The molecule has 0 spiro atoms. The molecule has 4 aromatic carbocycles. The molecule has 0 aromatic heterocycles. The lowest BCUT2D eigenvalue weighted by atomic mass is 10.0. The van der Waals surface area contributed by atoms with E-state index in [4.69, 9.17) is 0 Å². The molecular formula is C38H45N3O4S. The van der Waals surface area contributed by atoms with Crippen LogP contribution in [0.5, 0.6) is 0 Å². The molecule has 4 rings (SSSR count). The van der Waals surface area contributed by atoms with Crippen LogP contribution >= 0.6 is 0 Å². The Kier molecular flexibility index (Phi) is 11.8. The second-order valence-corrected chi connectivity index (χ2v) is 13.9. The summed E-state index contributed by atoms with van der Waals surface area (Å²) in [7, 11) is -4.15. The summed E-state index contributed by atoms with van der Waals surface area (Å²) in [5.74, 6) is -0.736. The van der Waals surface area contributed by atoms with E-state index in [1.165, 1.54) is 4.31 Å². The number of nitrogens with one attached hydrogen (secondary N) is 1. The molecule has 2 amide bonds. The van der Waals surface area contributed by atoms with Gasteiger partial charge < -0.3 is 10.2 Å². The minimum absolute atomic E-state index is 0.0911. The highest BCUT2D eigenvalue weighted by Gasteiger charge is 2.34. The van der Waals surface area contributed by atoms with Gasteiger partial charge in [-0.05, 0) is 80.6 Å². The molecule has 0 heterocycles. The molecule has 0 saturated carbocycles. The van der Waals surface area contributed by atoms with Crippen LogP contribution in [0.15, 0.2) is 102 Å². The second-order valence-electron chi connectivity index (χ2n) is 12.0. The number of carbonyl (C=O) groups excluding carboxylic acids is 2. The van der Waals surface area contributed by atoms with Gasteiger partial charge in [-0.3, -0.25) is 13.9 Å². The van der Waals surface area contributed by atoms with Gasteiger partial charge in [-0.2, -0.15) is 0 Å². The van der Waals surface area contributed by atoms with E-state index in [9.17, 15) is 18.0 Å². The number of rotatable bonds is 14. The van der Waals surface area contributed by atoms with Gasteiger partial charge in [-0.1, -0.05) is 97.3 Å². The second kappa shape index (κ2) is 15.7. The van der Waals surface area contributed by atoms with Crippen LogP contribution in [0.1, 0.15) is 53.1 Å². The Hall–Kier alpha value is -4.43. The van der Waals surface area contributed by atoms with Gasteiger partial charge in [-0.15, -0.1) is 0 Å². The van der Waals surface area contributed by atoms with E-state index >= 15 is 0 Å². The van der Waals surface area contributed by atoms with Crippen LogP contribution in [-0.4, -0.2) is 44.3 Å². The SMILES string of the molecule is CCCCNC(=O)[C@@H](Cc1ccccc1)N(Cc1cccc(C)c1)C(=O)CN(c1cc(C)cc(C)c1)S(=O)(=O)c1ccc(C)cc1. The smallest absolute Gasteiger partial charge is 0.264 e. The zero-order valence-electron chi connectivity index (χ0n) is 27.5. The Morgan fingerprint density at radius 3 is 2.02 bits per heavy atom. The molecule has 242 valence electrons. The van der Waals surface area contributed by atoms with Crippen LogP contribution < -0.4 is 9.62 Å². The van der Waals surface area contributed by atoms with Crippen molar-refractivity contribution < 1.29 is 18.0 Å². The van der Waals surface area contributed by atoms with Crippen LogP contribution in [0.25, 0.3) is 0 Å². The van der Waals surface area contributed by atoms with Crippen LogP contribution in [0.4, 0.5) is 5.69 Å². The van der Waals surface area contributed by atoms with E-state index in [-0.39, 0.29) is 23.8 Å². The minimum Gasteiger partial charge on any atom is -0.354 e. The van der Waals surface area contributed by atoms with E-state index in [0.29, 0.717) is 12.2 Å². The molecule has 46 heavy (non-hydrogen) atoms. The minimum atomic E-state index is -4.15. The molecule has 0 aliphatic heterocycles. The van der Waals surface area contributed by atoms with E-state index in [1.807, 2.05) is 88.4 Å². The number of nitrogens with zero attached hydrogens (tertiary/aromatic N) is 2. The predicted octanol–water partition coefficient (Wildman–Crippen LogP) is 6.67. The molecule has 0 aliphatic rings. The summed E-state index contributed by atoms with van der Waals surface area (Å²) in [4.78, 5) is 30.1. The van der Waals surface area contributed by atoms with E-state index in [1.54, 1.807) is 41.3 Å². The van der Waals surface area contributed by atoms with Crippen LogP contribution in [-0.2, 0) is 32.6 Å². The summed E-state index contributed by atoms with van der Waals surface area (Å²) in [6.07, 6.45) is 2.01. The lowest BCUT2D eigenvalue weighted by molar-refractivity contribution is -0.140. The number of carbonyl (C=O) groups is 2. The largest absolute Gasteiger partial charge is 0.354 e. The van der Waals surface area contributed by atoms with Crippen molar-refractivity contribution in [3.63, 3.8) is 0 Å². The third-order valence-corrected chi connectivity index (χ3v) is 9.71. The van der Waals surface area contributed by atoms with Crippen LogP contribution in [0.2, 0.25) is 0 Å². The highest BCUT2D eigenvalue weighted by atomic mass is 32.2. The molecule has 7 nitrogen and oxygen atoms in total. The summed E-state index contributed by atoms with van der Waals surface area (Å²) in [6, 6.07) is 28.7. The monoisotopic (exact) mass is 639 g/mol. The molecule has 8 heteroatoms. The lowest BCUT2D eigenvalue weighted by Gasteiger charge is -2.34. The van der Waals surface area contributed by atoms with Crippen molar-refractivity contribution in [1.29, 1.82) is 0 Å². The van der Waals surface area contributed by atoms with E-state index in [0.717, 1.165) is 46.2 Å². The molecule has 0 aliphatic carbocycles. The third kappa shape index (κ3) is 9.07. The number of anilines is 1. The average molecular weight is 640 g/mol. The summed E-state index contributed by atoms with van der Waals surface area (Å²) in [5.41, 5.74) is 5.85. The summed E-state index contributed by atoms with van der Waals surface area (Å²) in [6.45, 7) is 9.88. The summed E-state index contributed by atoms with van der Waals surface area (Å²) < 4.78 is 29.7. The van der Waals surface area contributed by atoms with Crippen molar-refractivity contribution in [2.24, 2.45) is 0 Å². The van der Waals surface area contributed by atoms with Crippen LogP contribution in [0, 0.1) is 27.7 Å². The van der Waals surface area contributed by atoms with Crippen molar-refractivity contribution in [2.75, 3.05) is 17.4 Å². The summed E-state index contributed by atoms with van der Waals surface area (Å²) in [5, 5.41) is 3.03. The Morgan fingerprint density at radius 1 is 0.739 bits per heavy atom. The molecule has 4 aromatic rings. The fourth-order valence-electron chi connectivity index (χ4n) is 5.53. The van der Waals surface area contributed by atoms with E-state index < -0.39 is 28.5 Å². The maximum Gasteiger partial charge on any atom is 0.264 e. The van der Waals surface area contributed by atoms with Gasteiger partial charge in [0, 0.05) is 19.5 Å². The Bertz CT molecular complexity index is 1720. The van der Waals surface area contributed by atoms with Crippen molar-refractivity contribution in [1.82, 2.24) is 10.2 Å². The van der Waals surface area contributed by atoms with Gasteiger partial charge in [0.05, 0.1) is 10.6 Å². The number of unbranched alkanes of at least 4 members (excludes halogenated alkanes) is 1. The Balaban J connectivity index is 1.81. The maximum absolute atomic E-state index is 14.6. The van der Waals surface area contributed by atoms with Crippen molar-refractivity contribution in [3.8, 4) is 0 Å². The average Bonchev–Trinajstić information content (AvgIpc) is 3.01. The maximum atomic E-state index is 14.6. The first kappa shape index (κ1) is 34.4. The Labute approximate surface area is 274 Å². The van der Waals surface area contributed by atoms with Gasteiger partial charge in [0.2, 0.25) is 11.8 Å². The van der Waals surface area contributed by atoms with Crippen LogP contribution in [0.3, 0.4) is 0 Å². The number of amides is 2. The van der Waals surface area contributed by atoms with E-state index in [2.05, 4.69) is 12.2 Å². The highest BCUT2D eigenvalue weighted by molar-refractivity contribution is 7.92. The number of sulfonamides is 1. The first-order valence-corrected chi connectivity index (χ1v) is 17.3. The molecule has 0 fully saturated rings. The van der Waals surface area contributed by atoms with Gasteiger partial charge >= 0.3 is 0 Å². The fourth-order valence-corrected chi connectivity index (χ4v) is 6.93. The Morgan fingerprint density at radius 2 is 1.39 bits per heavy atom. The summed E-state index contributed by atoms with van der Waals surface area (Å²) >= 11 is 0. The zero-order chi connectivity index (χ0) is 33.3. The predicted molar refractivity (Wildman–Crippen MR) is 185 cm³/mol. The fraction of sp³-hybridized carbons (Fsp3) is 0.316. The standard InChI is InChI=1S/C38H45N3O4S/c1-6-7-20-39-38(43)36(25-32-13-9-8-10-14-32)40(26-33-15-11-12-29(3)22-33)37(42)27-41(34-23-30(4)21-31(5)24-34)46(44,45)35-18-16-28(2)17-19-35/h8-19,21-24,36H,6-7,20,25-27H2,1-5H3,(H,39,43)/t36-/m1/s1.